The van der Waals surface area contributed by atoms with Crippen LogP contribution in [0.3, 0.4) is 0 Å². The molecule has 1 saturated carbocycles. The highest BCUT2D eigenvalue weighted by Crippen LogP contribution is 2.42. The highest BCUT2D eigenvalue weighted by molar-refractivity contribution is 5.91. The summed E-state index contributed by atoms with van der Waals surface area (Å²) in [5.41, 5.74) is 3.03. The van der Waals surface area contributed by atoms with Crippen LogP contribution in [-0.4, -0.2) is 24.3 Å². The fourth-order valence-electron chi connectivity index (χ4n) is 2.74. The highest BCUT2D eigenvalue weighted by Gasteiger charge is 2.31. The van der Waals surface area contributed by atoms with Crippen LogP contribution in [0.15, 0.2) is 36.5 Å². The lowest BCUT2D eigenvalue weighted by molar-refractivity contribution is 0.0525. The number of hydrogen-bond donors (Lipinski definition) is 0. The van der Waals surface area contributed by atoms with Gasteiger partial charge in [-0.1, -0.05) is 12.1 Å². The van der Waals surface area contributed by atoms with Crippen molar-refractivity contribution in [2.75, 3.05) is 13.7 Å². The van der Waals surface area contributed by atoms with E-state index in [2.05, 4.69) is 16.7 Å². The predicted octanol–water partition coefficient (Wildman–Crippen LogP) is 3.60. The van der Waals surface area contributed by atoms with E-state index < -0.39 is 0 Å². The Balaban J connectivity index is 1.85. The molecule has 0 saturated heterocycles. The minimum absolute atomic E-state index is 0.210. The largest absolute Gasteiger partial charge is 0.497 e. The van der Waals surface area contributed by atoms with Gasteiger partial charge in [0.1, 0.15) is 5.75 Å². The van der Waals surface area contributed by atoms with Crippen molar-refractivity contribution in [3.63, 3.8) is 0 Å². The summed E-state index contributed by atoms with van der Waals surface area (Å²) in [7, 11) is 1.66. The zero-order valence-electron chi connectivity index (χ0n) is 13.0. The first kappa shape index (κ1) is 14.7. The first-order valence-electron chi connectivity index (χ1n) is 7.72. The summed E-state index contributed by atoms with van der Waals surface area (Å²) in [5.74, 6) is 1.14. The van der Waals surface area contributed by atoms with Crippen molar-refractivity contribution in [1.29, 1.82) is 0 Å². The lowest BCUT2D eigenvalue weighted by Gasteiger charge is -2.11. The highest BCUT2D eigenvalue weighted by atomic mass is 16.5. The van der Waals surface area contributed by atoms with E-state index in [1.54, 1.807) is 7.11 Å². The number of benzene rings is 1. The van der Waals surface area contributed by atoms with E-state index in [1.165, 1.54) is 5.56 Å². The maximum atomic E-state index is 12.1. The molecular weight excluding hydrogens is 278 g/mol. The van der Waals surface area contributed by atoms with E-state index in [4.69, 9.17) is 9.47 Å². The maximum Gasteiger partial charge on any atom is 0.339 e. The molecule has 1 aliphatic rings. The van der Waals surface area contributed by atoms with E-state index in [0.717, 1.165) is 36.4 Å². The summed E-state index contributed by atoms with van der Waals surface area (Å²) in [5, 5.41) is 0. The van der Waals surface area contributed by atoms with Crippen molar-refractivity contribution in [2.24, 2.45) is 0 Å². The Bertz CT molecular complexity index is 653. The third kappa shape index (κ3) is 3.01. The second-order valence-electron chi connectivity index (χ2n) is 5.59. The standard InChI is InChI=1S/C18H21NO3/c1-3-22-18(20)16-10-11-19(17(16)14-6-7-14)12-13-4-8-15(21-2)9-5-13/h4-5,8-11,14H,3,6-7,12H2,1-2H3. The average Bonchev–Trinajstić information content (AvgIpc) is 3.29. The Labute approximate surface area is 130 Å². The fourth-order valence-corrected chi connectivity index (χ4v) is 2.74. The number of carbonyl (C=O) groups excluding carboxylic acids is 1. The molecule has 4 heteroatoms. The molecule has 22 heavy (non-hydrogen) atoms. The van der Waals surface area contributed by atoms with Crippen molar-refractivity contribution in [1.82, 2.24) is 4.57 Å². The Kier molecular flexibility index (Phi) is 4.18. The second-order valence-corrected chi connectivity index (χ2v) is 5.59. The van der Waals surface area contributed by atoms with Crippen LogP contribution in [0.4, 0.5) is 0 Å². The summed E-state index contributed by atoms with van der Waals surface area (Å²) >= 11 is 0. The molecule has 1 aromatic heterocycles. The lowest BCUT2D eigenvalue weighted by atomic mass is 10.1. The van der Waals surface area contributed by atoms with Gasteiger partial charge in [-0.2, -0.15) is 0 Å². The van der Waals surface area contributed by atoms with Gasteiger partial charge < -0.3 is 14.0 Å². The molecule has 1 aromatic carbocycles. The molecule has 2 aromatic rings. The van der Waals surface area contributed by atoms with Crippen LogP contribution >= 0.6 is 0 Å². The number of carbonyl (C=O) groups is 1. The molecule has 4 nitrogen and oxygen atoms in total. The molecule has 116 valence electrons. The van der Waals surface area contributed by atoms with Gasteiger partial charge in [-0.3, -0.25) is 0 Å². The number of esters is 1. The molecular formula is C18H21NO3. The minimum Gasteiger partial charge on any atom is -0.497 e. The number of hydrogen-bond acceptors (Lipinski definition) is 3. The van der Waals surface area contributed by atoms with Crippen molar-refractivity contribution < 1.29 is 14.3 Å². The first-order chi connectivity index (χ1) is 10.7. The number of nitrogens with zero attached hydrogens (tertiary/aromatic N) is 1. The smallest absolute Gasteiger partial charge is 0.339 e. The van der Waals surface area contributed by atoms with Gasteiger partial charge in [0.05, 0.1) is 19.3 Å². The Hall–Kier alpha value is -2.23. The average molecular weight is 299 g/mol. The summed E-state index contributed by atoms with van der Waals surface area (Å²) in [4.78, 5) is 12.1. The molecule has 0 spiro atoms. The number of ether oxygens (including phenoxy) is 2. The molecule has 0 N–H and O–H groups in total. The number of aromatic nitrogens is 1. The van der Waals surface area contributed by atoms with Crippen LogP contribution in [0.1, 0.15) is 47.3 Å². The number of rotatable bonds is 6. The molecule has 0 unspecified atom stereocenters. The van der Waals surface area contributed by atoms with Crippen LogP contribution < -0.4 is 4.74 Å². The van der Waals surface area contributed by atoms with Gasteiger partial charge in [0, 0.05) is 24.4 Å². The SMILES string of the molecule is CCOC(=O)c1ccn(Cc2ccc(OC)cc2)c1C1CC1. The fraction of sp³-hybridized carbons (Fsp3) is 0.389. The third-order valence-electron chi connectivity index (χ3n) is 3.98. The first-order valence-corrected chi connectivity index (χ1v) is 7.72. The lowest BCUT2D eigenvalue weighted by Crippen LogP contribution is -2.10. The van der Waals surface area contributed by atoms with Gasteiger partial charge in [0.25, 0.3) is 0 Å². The molecule has 0 amide bonds. The Morgan fingerprint density at radius 2 is 1.95 bits per heavy atom. The second kappa shape index (κ2) is 6.26. The molecule has 0 bridgehead atoms. The van der Waals surface area contributed by atoms with Crippen LogP contribution in [0, 0.1) is 0 Å². The zero-order valence-corrected chi connectivity index (χ0v) is 13.0. The van der Waals surface area contributed by atoms with Crippen LogP contribution in [0.5, 0.6) is 5.75 Å². The van der Waals surface area contributed by atoms with Gasteiger partial charge >= 0.3 is 5.97 Å². The van der Waals surface area contributed by atoms with Crippen molar-refractivity contribution in [3.8, 4) is 5.75 Å². The molecule has 1 fully saturated rings. The molecule has 0 aliphatic heterocycles. The Morgan fingerprint density at radius 1 is 1.23 bits per heavy atom. The maximum absolute atomic E-state index is 12.1. The van der Waals surface area contributed by atoms with Gasteiger partial charge in [-0.15, -0.1) is 0 Å². The van der Waals surface area contributed by atoms with Gasteiger partial charge in [0.2, 0.25) is 0 Å². The normalized spacial score (nSPS) is 13.9. The molecule has 1 aliphatic carbocycles. The van der Waals surface area contributed by atoms with E-state index in [-0.39, 0.29) is 5.97 Å². The molecule has 1 heterocycles. The van der Waals surface area contributed by atoms with Gasteiger partial charge in [0.15, 0.2) is 0 Å². The third-order valence-corrected chi connectivity index (χ3v) is 3.98. The van der Waals surface area contributed by atoms with Crippen LogP contribution in [0.25, 0.3) is 0 Å². The minimum atomic E-state index is -0.210. The predicted molar refractivity (Wildman–Crippen MR) is 84.5 cm³/mol. The monoisotopic (exact) mass is 299 g/mol. The van der Waals surface area contributed by atoms with Crippen molar-refractivity contribution >= 4 is 5.97 Å². The Morgan fingerprint density at radius 3 is 2.55 bits per heavy atom. The summed E-state index contributed by atoms with van der Waals surface area (Å²) in [6.45, 7) is 3.00. The summed E-state index contributed by atoms with van der Waals surface area (Å²) < 4.78 is 12.5. The van der Waals surface area contributed by atoms with E-state index in [9.17, 15) is 4.79 Å². The quantitative estimate of drug-likeness (QED) is 0.765. The summed E-state index contributed by atoms with van der Waals surface area (Å²) in [6.07, 6.45) is 4.29. The van der Waals surface area contributed by atoms with E-state index in [0.29, 0.717) is 12.5 Å². The van der Waals surface area contributed by atoms with Crippen molar-refractivity contribution in [2.45, 2.75) is 32.2 Å². The van der Waals surface area contributed by atoms with E-state index >= 15 is 0 Å². The molecule has 3 rings (SSSR count). The van der Waals surface area contributed by atoms with E-state index in [1.807, 2.05) is 31.3 Å². The molecule has 0 radical (unpaired) electrons. The zero-order chi connectivity index (χ0) is 15.5. The number of methoxy groups -OCH3 is 1. The summed E-state index contributed by atoms with van der Waals surface area (Å²) in [6, 6.07) is 9.91. The van der Waals surface area contributed by atoms with Gasteiger partial charge in [-0.25, -0.2) is 4.79 Å². The van der Waals surface area contributed by atoms with Crippen LogP contribution in [0.2, 0.25) is 0 Å². The topological polar surface area (TPSA) is 40.5 Å². The van der Waals surface area contributed by atoms with Crippen molar-refractivity contribution in [3.05, 3.63) is 53.3 Å². The molecule has 0 atom stereocenters. The van der Waals surface area contributed by atoms with Gasteiger partial charge in [-0.05, 0) is 43.5 Å². The van der Waals surface area contributed by atoms with Crippen LogP contribution in [-0.2, 0) is 11.3 Å².